The van der Waals surface area contributed by atoms with Crippen LogP contribution < -0.4 is 14.8 Å². The maximum Gasteiger partial charge on any atom is 0.161 e. The highest BCUT2D eigenvalue weighted by Crippen LogP contribution is 2.26. The summed E-state index contributed by atoms with van der Waals surface area (Å²) in [6.45, 7) is 5.75. The second-order valence-electron chi connectivity index (χ2n) is 5.26. The maximum atomic E-state index is 5.80. The molecule has 0 saturated heterocycles. The molecule has 0 unspecified atom stereocenters. The van der Waals surface area contributed by atoms with Crippen molar-refractivity contribution >= 4 is 0 Å². The molecular weight excluding hydrogens is 266 g/mol. The van der Waals surface area contributed by atoms with Crippen molar-refractivity contribution in [1.29, 1.82) is 0 Å². The molecule has 0 spiro atoms. The van der Waals surface area contributed by atoms with Crippen LogP contribution >= 0.6 is 0 Å². The highest BCUT2D eigenvalue weighted by Gasteiger charge is 2.14. The van der Waals surface area contributed by atoms with Crippen LogP contribution in [0.3, 0.4) is 0 Å². The van der Waals surface area contributed by atoms with Crippen molar-refractivity contribution in [2.75, 3.05) is 32.9 Å². The lowest BCUT2D eigenvalue weighted by molar-refractivity contribution is 0.0601. The highest BCUT2D eigenvalue weighted by molar-refractivity contribution is 5.39. The first-order valence-electron chi connectivity index (χ1n) is 8.07. The fourth-order valence-corrected chi connectivity index (χ4v) is 2.56. The average Bonchev–Trinajstić information content (AvgIpc) is 3.01. The number of hydrogen-bond donors (Lipinski definition) is 1. The van der Waals surface area contributed by atoms with Gasteiger partial charge < -0.3 is 19.5 Å². The third kappa shape index (κ3) is 5.94. The Hall–Kier alpha value is -1.26. The SMILES string of the molecule is CCOc1ccccc1OCCNCCOC1CCCC1. The number of para-hydroxylation sites is 2. The molecule has 0 atom stereocenters. The van der Waals surface area contributed by atoms with Gasteiger partial charge in [-0.05, 0) is 31.9 Å². The van der Waals surface area contributed by atoms with Crippen LogP contribution in [-0.4, -0.2) is 39.0 Å². The molecule has 0 bridgehead atoms. The van der Waals surface area contributed by atoms with Gasteiger partial charge in [0.25, 0.3) is 0 Å². The fourth-order valence-electron chi connectivity index (χ4n) is 2.56. The molecule has 1 aromatic rings. The lowest BCUT2D eigenvalue weighted by Crippen LogP contribution is -2.26. The first-order valence-corrected chi connectivity index (χ1v) is 8.07. The molecule has 1 saturated carbocycles. The Morgan fingerprint density at radius 3 is 2.38 bits per heavy atom. The first kappa shape index (κ1) is 16.1. The molecule has 0 aromatic heterocycles. The Kier molecular flexibility index (Phi) is 7.39. The summed E-state index contributed by atoms with van der Waals surface area (Å²) in [4.78, 5) is 0. The van der Waals surface area contributed by atoms with Crippen LogP contribution in [-0.2, 0) is 4.74 Å². The van der Waals surface area contributed by atoms with Gasteiger partial charge in [0.05, 0.1) is 19.3 Å². The van der Waals surface area contributed by atoms with Crippen molar-refractivity contribution < 1.29 is 14.2 Å². The summed E-state index contributed by atoms with van der Waals surface area (Å²) in [5.41, 5.74) is 0. The second-order valence-corrected chi connectivity index (χ2v) is 5.26. The fraction of sp³-hybridized carbons (Fsp3) is 0.647. The quantitative estimate of drug-likeness (QED) is 0.673. The van der Waals surface area contributed by atoms with Crippen molar-refractivity contribution in [1.82, 2.24) is 5.32 Å². The smallest absolute Gasteiger partial charge is 0.161 e. The van der Waals surface area contributed by atoms with Crippen LogP contribution in [0.5, 0.6) is 11.5 Å². The van der Waals surface area contributed by atoms with Crippen molar-refractivity contribution in [3.8, 4) is 11.5 Å². The number of rotatable bonds is 10. The largest absolute Gasteiger partial charge is 0.490 e. The van der Waals surface area contributed by atoms with Crippen molar-refractivity contribution in [3.05, 3.63) is 24.3 Å². The molecule has 118 valence electrons. The van der Waals surface area contributed by atoms with E-state index in [9.17, 15) is 0 Å². The molecule has 0 radical (unpaired) electrons. The predicted molar refractivity (Wildman–Crippen MR) is 84.2 cm³/mol. The molecule has 1 aromatic carbocycles. The molecule has 2 rings (SSSR count). The van der Waals surface area contributed by atoms with Gasteiger partial charge in [-0.3, -0.25) is 0 Å². The zero-order valence-electron chi connectivity index (χ0n) is 13.0. The lowest BCUT2D eigenvalue weighted by Gasteiger charge is -2.13. The van der Waals surface area contributed by atoms with E-state index in [4.69, 9.17) is 14.2 Å². The van der Waals surface area contributed by atoms with Gasteiger partial charge in [0.2, 0.25) is 0 Å². The Morgan fingerprint density at radius 1 is 1.00 bits per heavy atom. The zero-order chi connectivity index (χ0) is 14.8. The molecule has 1 aliphatic rings. The van der Waals surface area contributed by atoms with Gasteiger partial charge in [0.15, 0.2) is 11.5 Å². The van der Waals surface area contributed by atoms with E-state index in [0.29, 0.717) is 19.3 Å². The van der Waals surface area contributed by atoms with Gasteiger partial charge in [-0.2, -0.15) is 0 Å². The second kappa shape index (κ2) is 9.64. The molecule has 1 N–H and O–H groups in total. The number of benzene rings is 1. The molecule has 4 heteroatoms. The van der Waals surface area contributed by atoms with E-state index in [2.05, 4.69) is 5.32 Å². The zero-order valence-corrected chi connectivity index (χ0v) is 13.0. The minimum atomic E-state index is 0.501. The van der Waals surface area contributed by atoms with Gasteiger partial charge in [0, 0.05) is 13.1 Å². The number of ether oxygens (including phenoxy) is 3. The van der Waals surface area contributed by atoms with Crippen LogP contribution in [0.15, 0.2) is 24.3 Å². The Labute approximate surface area is 127 Å². The molecule has 4 nitrogen and oxygen atoms in total. The van der Waals surface area contributed by atoms with E-state index in [-0.39, 0.29) is 0 Å². The van der Waals surface area contributed by atoms with Crippen molar-refractivity contribution in [2.24, 2.45) is 0 Å². The predicted octanol–water partition coefficient (Wildman–Crippen LogP) is 3.01. The monoisotopic (exact) mass is 293 g/mol. The van der Waals surface area contributed by atoms with Crippen molar-refractivity contribution in [3.63, 3.8) is 0 Å². The number of nitrogens with one attached hydrogen (secondary N) is 1. The van der Waals surface area contributed by atoms with Gasteiger partial charge in [-0.25, -0.2) is 0 Å². The average molecular weight is 293 g/mol. The van der Waals surface area contributed by atoms with Crippen LogP contribution in [0.2, 0.25) is 0 Å². The Balaban J connectivity index is 1.53. The molecule has 0 aliphatic heterocycles. The van der Waals surface area contributed by atoms with Gasteiger partial charge in [-0.15, -0.1) is 0 Å². The summed E-state index contributed by atoms with van der Waals surface area (Å²) < 4.78 is 17.1. The van der Waals surface area contributed by atoms with Crippen LogP contribution in [0, 0.1) is 0 Å². The van der Waals surface area contributed by atoms with Crippen LogP contribution in [0.25, 0.3) is 0 Å². The first-order chi connectivity index (χ1) is 10.4. The summed E-state index contributed by atoms with van der Waals surface area (Å²) in [7, 11) is 0. The van der Waals surface area contributed by atoms with Crippen LogP contribution in [0.1, 0.15) is 32.6 Å². The molecular formula is C17H27NO3. The van der Waals surface area contributed by atoms with E-state index in [1.807, 2.05) is 31.2 Å². The minimum Gasteiger partial charge on any atom is -0.490 e. The van der Waals surface area contributed by atoms with Crippen LogP contribution in [0.4, 0.5) is 0 Å². The topological polar surface area (TPSA) is 39.7 Å². The van der Waals surface area contributed by atoms with E-state index in [0.717, 1.165) is 31.2 Å². The van der Waals surface area contributed by atoms with Crippen molar-refractivity contribution in [2.45, 2.75) is 38.7 Å². The summed E-state index contributed by atoms with van der Waals surface area (Å²) in [5.74, 6) is 1.62. The summed E-state index contributed by atoms with van der Waals surface area (Å²) in [6, 6.07) is 7.78. The van der Waals surface area contributed by atoms with Gasteiger partial charge in [0.1, 0.15) is 6.61 Å². The molecule has 0 amide bonds. The summed E-state index contributed by atoms with van der Waals surface area (Å²) in [6.07, 6.45) is 5.62. The van der Waals surface area contributed by atoms with Gasteiger partial charge >= 0.3 is 0 Å². The lowest BCUT2D eigenvalue weighted by atomic mass is 10.3. The highest BCUT2D eigenvalue weighted by atomic mass is 16.5. The number of hydrogen-bond acceptors (Lipinski definition) is 4. The third-order valence-corrected chi connectivity index (χ3v) is 3.62. The van der Waals surface area contributed by atoms with Gasteiger partial charge in [-0.1, -0.05) is 25.0 Å². The standard InChI is InChI=1S/C17H27NO3/c1-2-19-16-9-5-6-10-17(16)21-14-12-18-11-13-20-15-7-3-4-8-15/h5-6,9-10,15,18H,2-4,7-8,11-14H2,1H3. The van der Waals surface area contributed by atoms with E-state index in [1.54, 1.807) is 0 Å². The molecule has 0 heterocycles. The van der Waals surface area contributed by atoms with E-state index >= 15 is 0 Å². The Morgan fingerprint density at radius 2 is 1.67 bits per heavy atom. The Bertz CT molecular complexity index is 391. The summed E-state index contributed by atoms with van der Waals surface area (Å²) in [5, 5.41) is 3.34. The third-order valence-electron chi connectivity index (χ3n) is 3.62. The molecule has 1 fully saturated rings. The van der Waals surface area contributed by atoms with E-state index < -0.39 is 0 Å². The molecule has 21 heavy (non-hydrogen) atoms. The molecule has 1 aliphatic carbocycles. The minimum absolute atomic E-state index is 0.501. The normalized spacial score (nSPS) is 15.3. The maximum absolute atomic E-state index is 5.80. The summed E-state index contributed by atoms with van der Waals surface area (Å²) >= 11 is 0. The van der Waals surface area contributed by atoms with E-state index in [1.165, 1.54) is 25.7 Å².